The molecule has 2 aliphatic heterocycles. The second kappa shape index (κ2) is 8.80. The van der Waals surface area contributed by atoms with Crippen molar-refractivity contribution in [3.63, 3.8) is 0 Å². The number of sulfone groups is 1. The maximum Gasteiger partial charge on any atom is 0.235 e. The predicted molar refractivity (Wildman–Crippen MR) is 153 cm³/mol. The lowest BCUT2D eigenvalue weighted by molar-refractivity contribution is -0.118. The fourth-order valence-electron chi connectivity index (χ4n) is 5.92. The Bertz CT molecular complexity index is 1810. The van der Waals surface area contributed by atoms with Crippen LogP contribution in [0.4, 0.5) is 23.1 Å². The SMILES string of the molecule is COc1ccc2c(c1)[C@]1(C[C@H]1c1ccc3c(Nc4nc(C)nc(N5CCS(=O)(=O)CC5)c4Cl)n[nH]c3c1)C(=O)N2. The molecule has 1 saturated carbocycles. The normalized spacial score (nSPS) is 22.8. The lowest BCUT2D eigenvalue weighted by Gasteiger charge is -2.28. The Morgan fingerprint density at radius 1 is 1.12 bits per heavy atom. The highest BCUT2D eigenvalue weighted by atomic mass is 35.5. The molecule has 4 heterocycles. The van der Waals surface area contributed by atoms with Crippen molar-refractivity contribution in [2.75, 3.05) is 47.2 Å². The van der Waals surface area contributed by atoms with E-state index in [-0.39, 0.29) is 23.3 Å². The molecule has 1 saturated heterocycles. The number of aryl methyl sites for hydroxylation is 1. The molecular formula is C27H26ClN7O4S. The van der Waals surface area contributed by atoms with E-state index in [0.717, 1.165) is 39.9 Å². The maximum absolute atomic E-state index is 13.1. The third-order valence-corrected chi connectivity index (χ3v) is 10.1. The molecule has 3 aliphatic rings. The molecule has 2 atom stereocenters. The number of carbonyl (C=O) groups excluding carboxylic acids is 1. The molecule has 11 nitrogen and oxygen atoms in total. The molecule has 2 aromatic carbocycles. The number of ether oxygens (including phenoxy) is 1. The Kier molecular flexibility index (Phi) is 5.52. The Morgan fingerprint density at radius 2 is 1.93 bits per heavy atom. The first-order valence-electron chi connectivity index (χ1n) is 12.9. The van der Waals surface area contributed by atoms with E-state index < -0.39 is 15.3 Å². The van der Waals surface area contributed by atoms with Crippen LogP contribution in [0.15, 0.2) is 36.4 Å². The lowest BCUT2D eigenvalue weighted by Crippen LogP contribution is -2.41. The van der Waals surface area contributed by atoms with Crippen LogP contribution >= 0.6 is 11.6 Å². The largest absolute Gasteiger partial charge is 0.497 e. The van der Waals surface area contributed by atoms with Crippen LogP contribution < -0.4 is 20.3 Å². The maximum atomic E-state index is 13.1. The van der Waals surface area contributed by atoms with Crippen LogP contribution in [-0.4, -0.2) is 66.2 Å². The van der Waals surface area contributed by atoms with Gasteiger partial charge in [0.2, 0.25) is 5.91 Å². The number of nitrogens with zero attached hydrogens (tertiary/aromatic N) is 4. The molecular weight excluding hydrogens is 554 g/mol. The van der Waals surface area contributed by atoms with Gasteiger partial charge in [-0.25, -0.2) is 18.4 Å². The molecule has 13 heteroatoms. The quantitative estimate of drug-likeness (QED) is 0.323. The van der Waals surface area contributed by atoms with Gasteiger partial charge < -0.3 is 20.3 Å². The molecule has 0 bridgehead atoms. The van der Waals surface area contributed by atoms with Crippen molar-refractivity contribution in [1.29, 1.82) is 0 Å². The Balaban J connectivity index is 1.17. The number of benzene rings is 2. The van der Waals surface area contributed by atoms with E-state index in [1.54, 1.807) is 14.0 Å². The highest BCUT2D eigenvalue weighted by Crippen LogP contribution is 2.65. The van der Waals surface area contributed by atoms with E-state index in [2.05, 4.69) is 30.8 Å². The molecule has 7 rings (SSSR count). The number of carbonyl (C=O) groups is 1. The molecule has 4 aromatic rings. The number of aromatic amines is 1. The van der Waals surface area contributed by atoms with Crippen LogP contribution in [0.3, 0.4) is 0 Å². The zero-order chi connectivity index (χ0) is 27.8. The number of fused-ring (bicyclic) bond motifs is 3. The van der Waals surface area contributed by atoms with Crippen LogP contribution in [0.25, 0.3) is 10.9 Å². The number of rotatable bonds is 5. The molecule has 206 valence electrons. The second-order valence-corrected chi connectivity index (χ2v) is 13.2. The van der Waals surface area contributed by atoms with Crippen molar-refractivity contribution in [3.05, 3.63) is 58.4 Å². The number of anilines is 4. The van der Waals surface area contributed by atoms with Gasteiger partial charge in [-0.15, -0.1) is 0 Å². The average Bonchev–Trinajstić information content (AvgIpc) is 3.48. The van der Waals surface area contributed by atoms with Crippen LogP contribution in [0, 0.1) is 6.92 Å². The number of methoxy groups -OCH3 is 1. The Hall–Kier alpha value is -3.90. The van der Waals surface area contributed by atoms with Gasteiger partial charge in [-0.2, -0.15) is 5.10 Å². The highest BCUT2D eigenvalue weighted by Gasteiger charge is 2.65. The van der Waals surface area contributed by atoms with Crippen LogP contribution in [-0.2, 0) is 20.0 Å². The zero-order valence-electron chi connectivity index (χ0n) is 21.8. The summed E-state index contributed by atoms with van der Waals surface area (Å²) in [5, 5.41) is 15.0. The number of nitrogens with one attached hydrogen (secondary N) is 3. The minimum atomic E-state index is -3.04. The second-order valence-electron chi connectivity index (χ2n) is 10.5. The topological polar surface area (TPSA) is 142 Å². The van der Waals surface area contributed by atoms with E-state index in [1.807, 2.05) is 41.3 Å². The molecule has 0 unspecified atom stereocenters. The zero-order valence-corrected chi connectivity index (χ0v) is 23.4. The van der Waals surface area contributed by atoms with Gasteiger partial charge in [-0.1, -0.05) is 17.7 Å². The fourth-order valence-corrected chi connectivity index (χ4v) is 7.37. The van der Waals surface area contributed by atoms with Crippen LogP contribution in [0.2, 0.25) is 5.02 Å². The summed E-state index contributed by atoms with van der Waals surface area (Å²) < 4.78 is 29.2. The monoisotopic (exact) mass is 579 g/mol. The summed E-state index contributed by atoms with van der Waals surface area (Å²) in [4.78, 5) is 23.9. The smallest absolute Gasteiger partial charge is 0.235 e. The van der Waals surface area contributed by atoms with Crippen molar-refractivity contribution < 1.29 is 17.9 Å². The van der Waals surface area contributed by atoms with Gasteiger partial charge in [0.15, 0.2) is 27.3 Å². The lowest BCUT2D eigenvalue weighted by atomic mass is 9.91. The van der Waals surface area contributed by atoms with E-state index in [9.17, 15) is 13.2 Å². The molecule has 40 heavy (non-hydrogen) atoms. The van der Waals surface area contributed by atoms with Gasteiger partial charge >= 0.3 is 0 Å². The summed E-state index contributed by atoms with van der Waals surface area (Å²) >= 11 is 6.71. The summed E-state index contributed by atoms with van der Waals surface area (Å²) in [5.74, 6) is 2.85. The van der Waals surface area contributed by atoms with Gasteiger partial charge in [0.05, 0.1) is 29.5 Å². The Labute approximate surface area is 235 Å². The van der Waals surface area contributed by atoms with Crippen molar-refractivity contribution in [2.45, 2.75) is 24.7 Å². The highest BCUT2D eigenvalue weighted by molar-refractivity contribution is 7.91. The fraction of sp³-hybridized carbons (Fsp3) is 0.333. The molecule has 2 fully saturated rings. The number of hydrogen-bond acceptors (Lipinski definition) is 9. The van der Waals surface area contributed by atoms with E-state index in [0.29, 0.717) is 41.4 Å². The summed E-state index contributed by atoms with van der Waals surface area (Å²) in [6.07, 6.45) is 0.722. The van der Waals surface area contributed by atoms with Crippen molar-refractivity contribution >= 4 is 61.4 Å². The van der Waals surface area contributed by atoms with E-state index >= 15 is 0 Å². The van der Waals surface area contributed by atoms with Gasteiger partial charge in [0.25, 0.3) is 0 Å². The first kappa shape index (κ1) is 25.1. The first-order valence-corrected chi connectivity index (χ1v) is 15.1. The molecule has 2 aromatic heterocycles. The summed E-state index contributed by atoms with van der Waals surface area (Å²) in [6.45, 7) is 2.41. The first-order chi connectivity index (χ1) is 19.2. The summed E-state index contributed by atoms with van der Waals surface area (Å²) in [5.41, 5.74) is 3.09. The molecule has 1 aliphatic carbocycles. The molecule has 0 radical (unpaired) electrons. The van der Waals surface area contributed by atoms with Crippen LogP contribution in [0.5, 0.6) is 5.75 Å². The minimum absolute atomic E-state index is 0.0173. The van der Waals surface area contributed by atoms with Gasteiger partial charge in [-0.05, 0) is 54.8 Å². The summed E-state index contributed by atoms with van der Waals surface area (Å²) in [6, 6.07) is 11.7. The minimum Gasteiger partial charge on any atom is -0.497 e. The summed E-state index contributed by atoms with van der Waals surface area (Å²) in [7, 11) is -1.42. The molecule has 1 spiro atoms. The molecule has 1 amide bonds. The Morgan fingerprint density at radius 3 is 2.70 bits per heavy atom. The number of amides is 1. The van der Waals surface area contributed by atoms with E-state index in [4.69, 9.17) is 16.3 Å². The van der Waals surface area contributed by atoms with Crippen molar-refractivity contribution in [1.82, 2.24) is 20.2 Å². The number of H-pyrrole nitrogens is 1. The predicted octanol–water partition coefficient (Wildman–Crippen LogP) is 3.68. The number of halogens is 1. The van der Waals surface area contributed by atoms with Gasteiger partial charge in [-0.3, -0.25) is 9.89 Å². The molecule has 3 N–H and O–H groups in total. The third-order valence-electron chi connectivity index (χ3n) is 8.14. The number of hydrogen-bond donors (Lipinski definition) is 3. The van der Waals surface area contributed by atoms with Gasteiger partial charge in [0.1, 0.15) is 16.6 Å². The van der Waals surface area contributed by atoms with Crippen LogP contribution in [0.1, 0.15) is 29.3 Å². The van der Waals surface area contributed by atoms with E-state index in [1.165, 1.54) is 0 Å². The average molecular weight is 580 g/mol. The van der Waals surface area contributed by atoms with Crippen molar-refractivity contribution in [3.8, 4) is 5.75 Å². The van der Waals surface area contributed by atoms with Crippen molar-refractivity contribution in [2.24, 2.45) is 0 Å². The number of aromatic nitrogens is 4. The third kappa shape index (κ3) is 3.88. The van der Waals surface area contributed by atoms with Gasteiger partial charge in [0, 0.05) is 30.1 Å². The standard InChI is InChI=1S/C27H26ClN7O4S/c1-14-29-24(22(28)25(30-14)35-7-9-40(37,38)10-8-35)32-23-17-5-3-15(11-21(17)33-34-23)19-13-27(19)18-12-16(39-2)4-6-20(18)31-26(27)36/h3-6,11-12,19H,7-10,13H2,1-2H3,(H,31,36)(H2,29,30,32,33,34)/t19-,27-/m0/s1.